The molecule has 0 spiro atoms. The van der Waals surface area contributed by atoms with Crippen molar-refractivity contribution in [3.63, 3.8) is 0 Å². The lowest BCUT2D eigenvalue weighted by Crippen LogP contribution is -2.39. The average molecular weight is 292 g/mol. The van der Waals surface area contributed by atoms with Crippen LogP contribution in [0.25, 0.3) is 0 Å². The zero-order chi connectivity index (χ0) is 14.9. The molecule has 0 radical (unpaired) electrons. The molecule has 0 aliphatic carbocycles. The number of nitrogens with zero attached hydrogens (tertiary/aromatic N) is 1. The van der Waals surface area contributed by atoms with Gasteiger partial charge in [-0.25, -0.2) is 0 Å². The zero-order valence-corrected chi connectivity index (χ0v) is 12.6. The molecule has 5 heteroatoms. The molecule has 1 aromatic carbocycles. The van der Waals surface area contributed by atoms with Crippen LogP contribution in [0.5, 0.6) is 5.75 Å². The number of ether oxygens (including phenoxy) is 2. The molecule has 0 saturated carbocycles. The topological polar surface area (TPSA) is 50.8 Å². The summed E-state index contributed by atoms with van der Waals surface area (Å²) in [6.45, 7) is 3.09. The molecule has 1 fully saturated rings. The quantitative estimate of drug-likeness (QED) is 0.784. The minimum Gasteiger partial charge on any atom is -0.492 e. The van der Waals surface area contributed by atoms with Crippen molar-refractivity contribution in [3.05, 3.63) is 30.3 Å². The summed E-state index contributed by atoms with van der Waals surface area (Å²) < 4.78 is 11.1. The Morgan fingerprint density at radius 1 is 1.43 bits per heavy atom. The lowest BCUT2D eigenvalue weighted by Gasteiger charge is -2.17. The highest BCUT2D eigenvalue weighted by atomic mass is 16.5. The van der Waals surface area contributed by atoms with E-state index in [2.05, 4.69) is 5.32 Å². The van der Waals surface area contributed by atoms with Gasteiger partial charge in [0.1, 0.15) is 12.4 Å². The van der Waals surface area contributed by atoms with Crippen LogP contribution in [0.4, 0.5) is 0 Å². The molecule has 1 N–H and O–H groups in total. The second-order valence-corrected chi connectivity index (χ2v) is 5.34. The number of carbonyl (C=O) groups is 1. The number of para-hydroxylation sites is 1. The molecule has 0 aromatic heterocycles. The Bertz CT molecular complexity index is 419. The average Bonchev–Trinajstić information content (AvgIpc) is 2.99. The minimum atomic E-state index is 0.0349. The van der Waals surface area contributed by atoms with Crippen molar-refractivity contribution < 1.29 is 14.3 Å². The first-order valence-corrected chi connectivity index (χ1v) is 7.49. The molecule has 1 amide bonds. The molecule has 1 aliphatic heterocycles. The lowest BCUT2D eigenvalue weighted by atomic mass is 10.2. The number of carbonyl (C=O) groups excluding carboxylic acids is 1. The summed E-state index contributed by atoms with van der Waals surface area (Å²) in [4.78, 5) is 13.7. The highest BCUT2D eigenvalue weighted by Gasteiger charge is 2.16. The third-order valence-corrected chi connectivity index (χ3v) is 3.45. The highest BCUT2D eigenvalue weighted by molar-refractivity contribution is 5.77. The summed E-state index contributed by atoms with van der Waals surface area (Å²) in [7, 11) is 1.92. The van der Waals surface area contributed by atoms with Crippen LogP contribution in [0.15, 0.2) is 30.3 Å². The molecule has 1 aliphatic rings. The fourth-order valence-electron chi connectivity index (χ4n) is 2.25. The Hall–Kier alpha value is -1.59. The molecular formula is C16H24N2O3. The number of benzene rings is 1. The second-order valence-electron chi connectivity index (χ2n) is 5.34. The van der Waals surface area contributed by atoms with E-state index in [4.69, 9.17) is 9.47 Å². The molecule has 1 aromatic rings. The van der Waals surface area contributed by atoms with Gasteiger partial charge in [-0.2, -0.15) is 0 Å². The molecule has 2 rings (SSSR count). The number of nitrogens with one attached hydrogen (secondary N) is 1. The molecule has 116 valence electrons. The van der Waals surface area contributed by atoms with E-state index in [-0.39, 0.29) is 12.0 Å². The largest absolute Gasteiger partial charge is 0.492 e. The predicted octanol–water partition coefficient (Wildman–Crippen LogP) is 1.29. The molecular weight excluding hydrogens is 268 g/mol. The van der Waals surface area contributed by atoms with Crippen molar-refractivity contribution in [1.29, 1.82) is 0 Å². The molecule has 1 unspecified atom stereocenters. The normalized spacial score (nSPS) is 17.9. The van der Waals surface area contributed by atoms with Crippen LogP contribution in [0.3, 0.4) is 0 Å². The van der Waals surface area contributed by atoms with Gasteiger partial charge in [-0.05, 0) is 32.0 Å². The van der Waals surface area contributed by atoms with E-state index in [0.717, 1.165) is 25.2 Å². The van der Waals surface area contributed by atoms with Crippen molar-refractivity contribution in [2.75, 3.05) is 39.9 Å². The monoisotopic (exact) mass is 292 g/mol. The molecule has 1 heterocycles. The van der Waals surface area contributed by atoms with Crippen LogP contribution in [0.1, 0.15) is 12.8 Å². The van der Waals surface area contributed by atoms with Crippen molar-refractivity contribution in [3.8, 4) is 5.75 Å². The maximum atomic E-state index is 11.8. The summed E-state index contributed by atoms with van der Waals surface area (Å²) >= 11 is 0. The Labute approximate surface area is 126 Å². The molecule has 0 bridgehead atoms. The third kappa shape index (κ3) is 6.14. The summed E-state index contributed by atoms with van der Waals surface area (Å²) in [6.07, 6.45) is 2.33. The maximum Gasteiger partial charge on any atom is 0.234 e. The Morgan fingerprint density at radius 2 is 2.24 bits per heavy atom. The lowest BCUT2D eigenvalue weighted by molar-refractivity contribution is -0.122. The van der Waals surface area contributed by atoms with Gasteiger partial charge in [-0.1, -0.05) is 18.2 Å². The Morgan fingerprint density at radius 3 is 2.95 bits per heavy atom. The minimum absolute atomic E-state index is 0.0349. The van der Waals surface area contributed by atoms with Crippen molar-refractivity contribution in [1.82, 2.24) is 10.2 Å². The SMILES string of the molecule is CN(CCOc1ccccc1)CC(=O)NCC1CCCO1. The maximum absolute atomic E-state index is 11.8. The van der Waals surface area contributed by atoms with E-state index >= 15 is 0 Å². The van der Waals surface area contributed by atoms with E-state index in [0.29, 0.717) is 26.2 Å². The first-order valence-electron chi connectivity index (χ1n) is 7.49. The second kappa shape index (κ2) is 8.64. The van der Waals surface area contributed by atoms with E-state index in [1.165, 1.54) is 0 Å². The highest BCUT2D eigenvalue weighted by Crippen LogP contribution is 2.10. The first kappa shape index (κ1) is 15.8. The fraction of sp³-hybridized carbons (Fsp3) is 0.562. The zero-order valence-electron chi connectivity index (χ0n) is 12.6. The van der Waals surface area contributed by atoms with E-state index in [1.54, 1.807) is 0 Å². The van der Waals surface area contributed by atoms with Gasteiger partial charge in [0, 0.05) is 19.7 Å². The molecule has 1 saturated heterocycles. The van der Waals surface area contributed by atoms with Gasteiger partial charge in [0.05, 0.1) is 12.6 Å². The number of rotatable bonds is 8. The number of amides is 1. The standard InChI is InChI=1S/C16H24N2O3/c1-18(9-11-21-14-6-3-2-4-7-14)13-16(19)17-12-15-8-5-10-20-15/h2-4,6-7,15H,5,8-13H2,1H3,(H,17,19). The molecule has 5 nitrogen and oxygen atoms in total. The third-order valence-electron chi connectivity index (χ3n) is 3.45. The van der Waals surface area contributed by atoms with Crippen LogP contribution in [0, 0.1) is 0 Å². The number of hydrogen-bond donors (Lipinski definition) is 1. The smallest absolute Gasteiger partial charge is 0.234 e. The van der Waals surface area contributed by atoms with Gasteiger partial charge in [0.25, 0.3) is 0 Å². The first-order chi connectivity index (χ1) is 10.2. The Kier molecular flexibility index (Phi) is 6.50. The van der Waals surface area contributed by atoms with Gasteiger partial charge < -0.3 is 14.8 Å². The summed E-state index contributed by atoms with van der Waals surface area (Å²) in [5.74, 6) is 0.890. The summed E-state index contributed by atoms with van der Waals surface area (Å²) in [5.41, 5.74) is 0. The van der Waals surface area contributed by atoms with Gasteiger partial charge >= 0.3 is 0 Å². The van der Waals surface area contributed by atoms with Crippen LogP contribution in [-0.4, -0.2) is 56.8 Å². The summed E-state index contributed by atoms with van der Waals surface area (Å²) in [6, 6.07) is 9.69. The van der Waals surface area contributed by atoms with Crippen LogP contribution in [-0.2, 0) is 9.53 Å². The van der Waals surface area contributed by atoms with E-state index in [1.807, 2.05) is 42.3 Å². The van der Waals surface area contributed by atoms with Crippen LogP contribution < -0.4 is 10.1 Å². The number of likely N-dealkylation sites (N-methyl/N-ethyl adjacent to an activating group) is 1. The van der Waals surface area contributed by atoms with Crippen molar-refractivity contribution in [2.24, 2.45) is 0 Å². The van der Waals surface area contributed by atoms with Crippen molar-refractivity contribution >= 4 is 5.91 Å². The van der Waals surface area contributed by atoms with Crippen LogP contribution >= 0.6 is 0 Å². The van der Waals surface area contributed by atoms with Gasteiger partial charge in [0.15, 0.2) is 0 Å². The molecule has 1 atom stereocenters. The predicted molar refractivity (Wildman–Crippen MR) is 81.4 cm³/mol. The van der Waals surface area contributed by atoms with E-state index in [9.17, 15) is 4.79 Å². The Balaban J connectivity index is 1.55. The van der Waals surface area contributed by atoms with Crippen LogP contribution in [0.2, 0.25) is 0 Å². The van der Waals surface area contributed by atoms with E-state index < -0.39 is 0 Å². The van der Waals surface area contributed by atoms with Gasteiger partial charge in [0.2, 0.25) is 5.91 Å². The number of hydrogen-bond acceptors (Lipinski definition) is 4. The molecule has 21 heavy (non-hydrogen) atoms. The van der Waals surface area contributed by atoms with Gasteiger partial charge in [-0.15, -0.1) is 0 Å². The summed E-state index contributed by atoms with van der Waals surface area (Å²) in [5, 5.41) is 2.92. The van der Waals surface area contributed by atoms with Crippen molar-refractivity contribution in [2.45, 2.75) is 18.9 Å². The fourth-order valence-corrected chi connectivity index (χ4v) is 2.25. The van der Waals surface area contributed by atoms with Gasteiger partial charge in [-0.3, -0.25) is 9.69 Å².